The van der Waals surface area contributed by atoms with Gasteiger partial charge in [0.15, 0.2) is 0 Å². The summed E-state index contributed by atoms with van der Waals surface area (Å²) in [6.45, 7) is 4.76. The number of fused-ring (bicyclic) bond motifs is 1. The molecule has 2 rings (SSSR count). The molecular formula is C23H45N3O10S2. The Morgan fingerprint density at radius 1 is 0.895 bits per heavy atom. The first-order valence-electron chi connectivity index (χ1n) is 13.2. The molecule has 0 aromatic heterocycles. The first-order chi connectivity index (χ1) is 18.3. The molecule has 1 unspecified atom stereocenters. The number of carbonyl (C=O) groups is 1. The second kappa shape index (κ2) is 20.2. The van der Waals surface area contributed by atoms with Crippen LogP contribution in [-0.2, 0) is 38.0 Å². The van der Waals surface area contributed by atoms with Crippen molar-refractivity contribution in [2.24, 2.45) is 0 Å². The second-order valence-corrected chi connectivity index (χ2v) is 11.9. The van der Waals surface area contributed by atoms with E-state index in [4.69, 9.17) is 23.7 Å². The maximum absolute atomic E-state index is 11.4. The third-order valence-electron chi connectivity index (χ3n) is 5.79. The SMILES string of the molecule is CS(=O)(=O)OCCOCCOCCOCCOCCOCCNC(O)CCCC[C@@H]1SC[C@@H]2NC(=O)N[C@@H]21. The van der Waals surface area contributed by atoms with E-state index >= 15 is 0 Å². The number of nitrogens with one attached hydrogen (secondary N) is 3. The van der Waals surface area contributed by atoms with Crippen LogP contribution >= 0.6 is 11.8 Å². The third kappa shape index (κ3) is 16.4. The number of hydrogen-bond acceptors (Lipinski definition) is 12. The summed E-state index contributed by atoms with van der Waals surface area (Å²) in [5, 5.41) is 19.6. The van der Waals surface area contributed by atoms with Crippen LogP contribution in [0.3, 0.4) is 0 Å². The van der Waals surface area contributed by atoms with Crippen molar-refractivity contribution >= 4 is 27.9 Å². The van der Waals surface area contributed by atoms with Crippen molar-refractivity contribution in [2.75, 3.05) is 91.2 Å². The van der Waals surface area contributed by atoms with Crippen LogP contribution in [0.5, 0.6) is 0 Å². The second-order valence-electron chi connectivity index (χ2n) is 8.96. The lowest BCUT2D eigenvalue weighted by Crippen LogP contribution is -2.36. The smallest absolute Gasteiger partial charge is 0.315 e. The summed E-state index contributed by atoms with van der Waals surface area (Å²) >= 11 is 1.92. The van der Waals surface area contributed by atoms with E-state index in [2.05, 4.69) is 20.1 Å². The highest BCUT2D eigenvalue weighted by molar-refractivity contribution is 8.00. The third-order valence-corrected chi connectivity index (χ3v) is 7.90. The lowest BCUT2D eigenvalue weighted by molar-refractivity contribution is -0.0129. The van der Waals surface area contributed by atoms with E-state index in [0.717, 1.165) is 31.3 Å². The highest BCUT2D eigenvalue weighted by atomic mass is 32.2. The molecule has 2 heterocycles. The number of amides is 2. The van der Waals surface area contributed by atoms with E-state index in [0.29, 0.717) is 77.7 Å². The predicted octanol–water partition coefficient (Wildman–Crippen LogP) is -0.321. The number of thioether (sulfide) groups is 1. The van der Waals surface area contributed by atoms with Crippen molar-refractivity contribution in [1.82, 2.24) is 16.0 Å². The van der Waals surface area contributed by atoms with E-state index in [9.17, 15) is 18.3 Å². The first kappa shape index (κ1) is 33.5. The van der Waals surface area contributed by atoms with Crippen LogP contribution in [-0.4, -0.2) is 134 Å². The number of carbonyl (C=O) groups excluding carboxylic acids is 1. The molecule has 15 heteroatoms. The molecule has 0 spiro atoms. The Hall–Kier alpha value is -0.750. The van der Waals surface area contributed by atoms with Crippen LogP contribution in [0.2, 0.25) is 0 Å². The molecule has 0 saturated carbocycles. The van der Waals surface area contributed by atoms with Crippen LogP contribution in [0, 0.1) is 0 Å². The summed E-state index contributed by atoms with van der Waals surface area (Å²) < 4.78 is 52.9. The number of aliphatic hydroxyl groups excluding tert-OH is 1. The summed E-state index contributed by atoms with van der Waals surface area (Å²) in [7, 11) is -3.42. The molecule has 2 amide bonds. The lowest BCUT2D eigenvalue weighted by Gasteiger charge is -2.17. The Bertz CT molecular complexity index is 734. The van der Waals surface area contributed by atoms with Gasteiger partial charge < -0.3 is 39.4 Å². The Morgan fingerprint density at radius 3 is 2.03 bits per heavy atom. The molecule has 2 aliphatic heterocycles. The van der Waals surface area contributed by atoms with Crippen molar-refractivity contribution in [3.8, 4) is 0 Å². The van der Waals surface area contributed by atoms with Gasteiger partial charge in [0.2, 0.25) is 0 Å². The first-order valence-corrected chi connectivity index (χ1v) is 16.0. The van der Waals surface area contributed by atoms with Crippen LogP contribution in [0.4, 0.5) is 4.79 Å². The molecule has 38 heavy (non-hydrogen) atoms. The van der Waals surface area contributed by atoms with Gasteiger partial charge >= 0.3 is 6.03 Å². The molecule has 13 nitrogen and oxygen atoms in total. The number of aliphatic hydroxyl groups is 1. The highest BCUT2D eigenvalue weighted by Gasteiger charge is 2.42. The maximum Gasteiger partial charge on any atom is 0.315 e. The zero-order chi connectivity index (χ0) is 27.5. The van der Waals surface area contributed by atoms with E-state index in [-0.39, 0.29) is 31.3 Å². The van der Waals surface area contributed by atoms with Gasteiger partial charge in [0.25, 0.3) is 10.1 Å². The molecule has 4 atom stereocenters. The van der Waals surface area contributed by atoms with Gasteiger partial charge in [0.1, 0.15) is 6.23 Å². The van der Waals surface area contributed by atoms with Gasteiger partial charge in [-0.2, -0.15) is 20.2 Å². The van der Waals surface area contributed by atoms with Gasteiger partial charge in [-0.05, 0) is 19.3 Å². The van der Waals surface area contributed by atoms with Crippen molar-refractivity contribution in [2.45, 2.75) is 49.2 Å². The number of rotatable bonds is 25. The fraction of sp³-hybridized carbons (Fsp3) is 0.957. The van der Waals surface area contributed by atoms with Gasteiger partial charge in [-0.15, -0.1) is 0 Å². The van der Waals surface area contributed by atoms with Gasteiger partial charge in [0, 0.05) is 17.5 Å². The monoisotopic (exact) mass is 587 g/mol. The minimum atomic E-state index is -3.42. The van der Waals surface area contributed by atoms with E-state index < -0.39 is 16.3 Å². The van der Waals surface area contributed by atoms with Crippen LogP contribution in [0.25, 0.3) is 0 Å². The number of ether oxygens (including phenoxy) is 5. The van der Waals surface area contributed by atoms with Crippen molar-refractivity contribution < 1.29 is 46.2 Å². The molecule has 0 aliphatic carbocycles. The van der Waals surface area contributed by atoms with E-state index in [1.54, 1.807) is 0 Å². The molecule has 2 saturated heterocycles. The fourth-order valence-electron chi connectivity index (χ4n) is 3.95. The van der Waals surface area contributed by atoms with Gasteiger partial charge in [-0.1, -0.05) is 6.42 Å². The number of hydrogen-bond donors (Lipinski definition) is 4. The van der Waals surface area contributed by atoms with Gasteiger partial charge in [-0.3, -0.25) is 9.50 Å². The topological polar surface area (TPSA) is 163 Å². The molecule has 0 aromatic rings. The molecular weight excluding hydrogens is 542 g/mol. The molecule has 0 bridgehead atoms. The summed E-state index contributed by atoms with van der Waals surface area (Å²) in [5.74, 6) is 0.973. The van der Waals surface area contributed by atoms with E-state index in [1.807, 2.05) is 11.8 Å². The fourth-order valence-corrected chi connectivity index (χ4v) is 5.87. The van der Waals surface area contributed by atoms with Gasteiger partial charge in [-0.25, -0.2) is 4.79 Å². The summed E-state index contributed by atoms with van der Waals surface area (Å²) in [6, 6.07) is 0.452. The average Bonchev–Trinajstić information content (AvgIpc) is 3.41. The van der Waals surface area contributed by atoms with Gasteiger partial charge in [0.05, 0.1) is 91.0 Å². The summed E-state index contributed by atoms with van der Waals surface area (Å²) in [5.41, 5.74) is 0. The molecule has 2 fully saturated rings. The van der Waals surface area contributed by atoms with E-state index in [1.165, 1.54) is 0 Å². The minimum Gasteiger partial charge on any atom is -0.379 e. The standard InChI is InChI=1S/C23H45N3O10S2/c1-38(29,30)36-17-16-35-15-14-34-13-12-33-11-10-32-9-8-31-7-6-24-21(27)5-3-2-4-20-22-19(18-37-20)25-23(28)26-22/h19-22,24,27H,2-18H2,1H3,(H2,25,26,28)/t19-,20-,21?,22-/m0/s1. The van der Waals surface area contributed by atoms with Crippen LogP contribution in [0.1, 0.15) is 25.7 Å². The Balaban J connectivity index is 1.23. The zero-order valence-electron chi connectivity index (χ0n) is 22.3. The molecule has 0 radical (unpaired) electrons. The number of unbranched alkanes of at least 4 members (excludes halogenated alkanes) is 1. The molecule has 2 aliphatic rings. The van der Waals surface area contributed by atoms with Crippen LogP contribution < -0.4 is 16.0 Å². The van der Waals surface area contributed by atoms with Crippen LogP contribution in [0.15, 0.2) is 0 Å². The largest absolute Gasteiger partial charge is 0.379 e. The lowest BCUT2D eigenvalue weighted by atomic mass is 10.0. The Labute approximate surface area is 230 Å². The average molecular weight is 588 g/mol. The Morgan fingerprint density at radius 2 is 1.45 bits per heavy atom. The molecule has 224 valence electrons. The molecule has 4 N–H and O–H groups in total. The minimum absolute atomic E-state index is 0.00288. The Kier molecular flexibility index (Phi) is 17.8. The summed E-state index contributed by atoms with van der Waals surface area (Å²) in [4.78, 5) is 11.4. The predicted molar refractivity (Wildman–Crippen MR) is 143 cm³/mol. The van der Waals surface area contributed by atoms with Crippen molar-refractivity contribution in [1.29, 1.82) is 0 Å². The maximum atomic E-state index is 11.4. The number of urea groups is 1. The molecule has 0 aromatic carbocycles. The quantitative estimate of drug-likeness (QED) is 0.0477. The van der Waals surface area contributed by atoms with Crippen molar-refractivity contribution in [3.63, 3.8) is 0 Å². The normalized spacial score (nSPS) is 21.8. The zero-order valence-corrected chi connectivity index (χ0v) is 23.9. The highest BCUT2D eigenvalue weighted by Crippen LogP contribution is 2.33. The summed E-state index contributed by atoms with van der Waals surface area (Å²) in [6.07, 6.45) is 4.16. The van der Waals surface area contributed by atoms with Crippen molar-refractivity contribution in [3.05, 3.63) is 0 Å².